The van der Waals surface area contributed by atoms with E-state index in [1.165, 1.54) is 100 Å². The van der Waals surface area contributed by atoms with E-state index in [1.54, 1.807) is 27.7 Å². The van der Waals surface area contributed by atoms with Gasteiger partial charge in [-0.05, 0) is 76.2 Å². The lowest BCUT2D eigenvalue weighted by Gasteiger charge is -2.16. The first-order valence-electron chi connectivity index (χ1n) is 18.6. The van der Waals surface area contributed by atoms with Gasteiger partial charge in [-0.2, -0.15) is 0 Å². The van der Waals surface area contributed by atoms with E-state index in [0.717, 1.165) is 12.1 Å². The van der Waals surface area contributed by atoms with Gasteiger partial charge in [0.05, 0.1) is 46.3 Å². The summed E-state index contributed by atoms with van der Waals surface area (Å²) in [5.74, 6) is -9.25. The number of para-hydroxylation sites is 4. The third-order valence-corrected chi connectivity index (χ3v) is 7.81. The largest absolute Gasteiger partial charge is 0.514 e. The van der Waals surface area contributed by atoms with Crippen LogP contribution >= 0.6 is 0 Å². The molecule has 0 aromatic heterocycles. The number of hydrogen-bond donors (Lipinski definition) is 0. The van der Waals surface area contributed by atoms with Crippen LogP contribution in [0.3, 0.4) is 0 Å². The molecule has 4 aromatic carbocycles. The molecule has 0 N–H and O–H groups in total. The van der Waals surface area contributed by atoms with Crippen LogP contribution in [0, 0.1) is 11.8 Å². The number of hydrogen-bond acceptors (Lipinski definition) is 16. The number of ketones is 2. The van der Waals surface area contributed by atoms with Crippen molar-refractivity contribution in [3.63, 3.8) is 0 Å². The van der Waals surface area contributed by atoms with Crippen LogP contribution < -0.4 is 18.9 Å². The van der Waals surface area contributed by atoms with Gasteiger partial charge in [0.1, 0.15) is 22.6 Å². The van der Waals surface area contributed by atoms with Crippen molar-refractivity contribution >= 4 is 47.8 Å². The van der Waals surface area contributed by atoms with Gasteiger partial charge in [-0.3, -0.25) is 19.2 Å². The smallest absolute Gasteiger partial charge is 0.431 e. The van der Waals surface area contributed by atoms with Crippen LogP contribution in [0.1, 0.15) is 108 Å². The minimum atomic E-state index is -1.41. The van der Waals surface area contributed by atoms with Gasteiger partial charge in [0, 0.05) is 0 Å². The second-order valence-corrected chi connectivity index (χ2v) is 13.9. The second kappa shape index (κ2) is 20.4. The summed E-state index contributed by atoms with van der Waals surface area (Å²) in [4.78, 5) is 115. The molecule has 0 atom stereocenters. The van der Waals surface area contributed by atoms with Crippen molar-refractivity contribution in [2.45, 2.75) is 67.6 Å². The van der Waals surface area contributed by atoms with Crippen molar-refractivity contribution in [2.75, 3.05) is 0 Å². The topological polar surface area (TPSA) is 210 Å². The molecular formula is C44H42O16. The predicted octanol–water partition coefficient (Wildman–Crippen LogP) is 8.05. The third kappa shape index (κ3) is 11.6. The predicted molar refractivity (Wildman–Crippen MR) is 209 cm³/mol. The molecule has 4 rings (SSSR count). The average molecular weight is 827 g/mol. The molecule has 0 saturated carbocycles. The van der Waals surface area contributed by atoms with Crippen LogP contribution in [0.4, 0.5) is 9.59 Å². The van der Waals surface area contributed by atoms with Gasteiger partial charge in [0.25, 0.3) is 0 Å². The van der Waals surface area contributed by atoms with E-state index in [1.807, 2.05) is 0 Å². The van der Waals surface area contributed by atoms with Gasteiger partial charge in [-0.15, -0.1) is 0 Å². The standard InChI is InChI=1S/C44H42O16/c1-23(2)39(47)57-37-29(35(45)27-15-9-11-21-33(27)55-43(51)53-25(5)6)17-13-19-31(37)41(49)59-60-42(50)32-20-14-18-30(38(32)58-40(48)24(3)4)36(46)28-16-10-12-22-34(28)56-44(52)54-26(7)8/h9-26H,1-8H3. The molecule has 0 aliphatic carbocycles. The Morgan fingerprint density at radius 1 is 0.383 bits per heavy atom. The maximum Gasteiger partial charge on any atom is 0.514 e. The molecule has 60 heavy (non-hydrogen) atoms. The Morgan fingerprint density at radius 3 is 1.03 bits per heavy atom. The Balaban J connectivity index is 1.70. The van der Waals surface area contributed by atoms with Crippen molar-refractivity contribution in [1.29, 1.82) is 0 Å². The van der Waals surface area contributed by atoms with E-state index in [9.17, 15) is 38.4 Å². The fourth-order valence-corrected chi connectivity index (χ4v) is 4.96. The highest BCUT2D eigenvalue weighted by Gasteiger charge is 2.31. The lowest BCUT2D eigenvalue weighted by atomic mass is 9.99. The molecule has 16 heteroatoms. The summed E-state index contributed by atoms with van der Waals surface area (Å²) >= 11 is 0. The normalized spacial score (nSPS) is 10.8. The second-order valence-electron chi connectivity index (χ2n) is 13.9. The highest BCUT2D eigenvalue weighted by Crippen LogP contribution is 2.33. The molecule has 0 fully saturated rings. The Morgan fingerprint density at radius 2 is 0.700 bits per heavy atom. The molecule has 16 nitrogen and oxygen atoms in total. The van der Waals surface area contributed by atoms with Crippen molar-refractivity contribution in [3.8, 4) is 23.0 Å². The molecule has 0 aliphatic heterocycles. The van der Waals surface area contributed by atoms with Crippen molar-refractivity contribution in [2.24, 2.45) is 11.8 Å². The van der Waals surface area contributed by atoms with Gasteiger partial charge in [-0.25, -0.2) is 29.0 Å². The maximum absolute atomic E-state index is 14.0. The molecule has 314 valence electrons. The van der Waals surface area contributed by atoms with E-state index in [0.29, 0.717) is 0 Å². The van der Waals surface area contributed by atoms with Crippen LogP contribution in [0.2, 0.25) is 0 Å². The van der Waals surface area contributed by atoms with Crippen LogP contribution in [0.5, 0.6) is 23.0 Å². The number of carbonyl (C=O) groups excluding carboxylic acids is 8. The molecule has 0 heterocycles. The fourth-order valence-electron chi connectivity index (χ4n) is 4.96. The van der Waals surface area contributed by atoms with Gasteiger partial charge in [0.15, 0.2) is 11.5 Å². The van der Waals surface area contributed by atoms with Crippen LogP contribution in [0.15, 0.2) is 84.9 Å². The van der Waals surface area contributed by atoms with Crippen LogP contribution in [-0.4, -0.2) is 60.0 Å². The van der Waals surface area contributed by atoms with E-state index in [-0.39, 0.29) is 33.8 Å². The summed E-state index contributed by atoms with van der Waals surface area (Å²) in [6.07, 6.45) is -3.23. The maximum atomic E-state index is 14.0. The summed E-state index contributed by atoms with van der Waals surface area (Å²) in [6.45, 7) is 12.4. The van der Waals surface area contributed by atoms with Crippen LogP contribution in [-0.2, 0) is 28.8 Å². The molecule has 0 amide bonds. The Hall–Kier alpha value is -7.36. The number of benzene rings is 4. The number of carbonyl (C=O) groups is 8. The molecule has 4 aromatic rings. The zero-order valence-corrected chi connectivity index (χ0v) is 33.9. The van der Waals surface area contributed by atoms with E-state index < -0.39 is 94.4 Å². The summed E-state index contributed by atoms with van der Waals surface area (Å²) in [6, 6.07) is 18.5. The van der Waals surface area contributed by atoms with E-state index in [4.69, 9.17) is 38.2 Å². The highest BCUT2D eigenvalue weighted by molar-refractivity contribution is 6.15. The summed E-state index contributed by atoms with van der Waals surface area (Å²) in [5.41, 5.74) is -2.09. The van der Waals surface area contributed by atoms with Crippen LogP contribution in [0.25, 0.3) is 0 Å². The highest BCUT2D eigenvalue weighted by atomic mass is 17.2. The molecule has 0 radical (unpaired) electrons. The van der Waals surface area contributed by atoms with Gasteiger partial charge < -0.3 is 28.4 Å². The van der Waals surface area contributed by atoms with E-state index >= 15 is 0 Å². The van der Waals surface area contributed by atoms with E-state index in [2.05, 4.69) is 0 Å². The molecule has 0 unspecified atom stereocenters. The summed E-state index contributed by atoms with van der Waals surface area (Å²) in [7, 11) is 0. The van der Waals surface area contributed by atoms with Crippen molar-refractivity contribution in [3.05, 3.63) is 118 Å². The number of ether oxygens (including phenoxy) is 6. The third-order valence-electron chi connectivity index (χ3n) is 7.81. The molecule has 0 aliphatic rings. The van der Waals surface area contributed by atoms with Gasteiger partial charge in [-0.1, -0.05) is 64.1 Å². The lowest BCUT2D eigenvalue weighted by Crippen LogP contribution is -2.22. The first-order valence-corrected chi connectivity index (χ1v) is 18.6. The first-order chi connectivity index (χ1) is 28.4. The first kappa shape index (κ1) is 45.3. The fraction of sp³-hybridized carbons (Fsp3) is 0.273. The lowest BCUT2D eigenvalue weighted by molar-refractivity contribution is -0.187. The van der Waals surface area contributed by atoms with Gasteiger partial charge in [0.2, 0.25) is 11.6 Å². The zero-order valence-electron chi connectivity index (χ0n) is 33.9. The molecule has 0 saturated heterocycles. The van der Waals surface area contributed by atoms with Gasteiger partial charge >= 0.3 is 36.2 Å². The molecule has 0 spiro atoms. The Bertz CT molecular complexity index is 2140. The minimum absolute atomic E-state index is 0.167. The molecular weight excluding hydrogens is 784 g/mol. The number of esters is 2. The monoisotopic (exact) mass is 826 g/mol. The quantitative estimate of drug-likeness (QED) is 0.0294. The Labute approximate surface area is 344 Å². The summed E-state index contributed by atoms with van der Waals surface area (Å²) in [5, 5.41) is 0. The number of rotatable bonds is 14. The van der Waals surface area contributed by atoms with Crippen molar-refractivity contribution in [1.82, 2.24) is 0 Å². The van der Waals surface area contributed by atoms with Crippen molar-refractivity contribution < 1.29 is 76.6 Å². The average Bonchev–Trinajstić information content (AvgIpc) is 3.19. The Kier molecular flexibility index (Phi) is 15.4. The SMILES string of the molecule is CC(C)OC(=O)Oc1ccccc1C(=O)c1cccc(C(=O)OOC(=O)c2cccc(C(=O)c3ccccc3OC(=O)OC(C)C)c2OC(=O)C(C)C)c1OC(=O)C(C)C. The minimum Gasteiger partial charge on any atom is -0.431 e. The zero-order chi connectivity index (χ0) is 44.3. The summed E-state index contributed by atoms with van der Waals surface area (Å²) < 4.78 is 31.6. The molecule has 0 bridgehead atoms.